The summed E-state index contributed by atoms with van der Waals surface area (Å²) in [7, 11) is -2.82. The SMILES string of the molecule is COc1ccc(S(=O)(=O)N2CC(C(N)=O)CCC2C)c([N+](=O)[O-])c1. The van der Waals surface area contributed by atoms with Gasteiger partial charge in [-0.25, -0.2) is 8.42 Å². The summed E-state index contributed by atoms with van der Waals surface area (Å²) in [5.41, 5.74) is 4.72. The van der Waals surface area contributed by atoms with E-state index < -0.39 is 37.4 Å². The smallest absolute Gasteiger partial charge is 0.293 e. The number of piperidine rings is 1. The quantitative estimate of drug-likeness (QED) is 0.614. The van der Waals surface area contributed by atoms with Gasteiger partial charge in [0.05, 0.1) is 24.0 Å². The molecular formula is C14H19N3O6S. The minimum absolute atomic E-state index is 0.0813. The summed E-state index contributed by atoms with van der Waals surface area (Å²) in [5, 5.41) is 11.3. The molecule has 9 nitrogen and oxygen atoms in total. The highest BCUT2D eigenvalue weighted by Gasteiger charge is 2.39. The Balaban J connectivity index is 2.49. The minimum Gasteiger partial charge on any atom is -0.497 e. The Morgan fingerprint density at radius 3 is 2.62 bits per heavy atom. The second kappa shape index (κ2) is 6.73. The molecule has 2 unspecified atom stereocenters. The van der Waals surface area contributed by atoms with Crippen molar-refractivity contribution in [3.05, 3.63) is 28.3 Å². The maximum atomic E-state index is 12.9. The number of carbonyl (C=O) groups is 1. The molecule has 0 spiro atoms. The van der Waals surface area contributed by atoms with Crippen LogP contribution in [0.4, 0.5) is 5.69 Å². The van der Waals surface area contributed by atoms with Crippen LogP contribution >= 0.6 is 0 Å². The molecule has 2 atom stereocenters. The summed E-state index contributed by atoms with van der Waals surface area (Å²) in [6.07, 6.45) is 0.948. The van der Waals surface area contributed by atoms with Crippen LogP contribution < -0.4 is 10.5 Å². The molecule has 24 heavy (non-hydrogen) atoms. The molecule has 1 aromatic carbocycles. The lowest BCUT2D eigenvalue weighted by Crippen LogP contribution is -2.48. The minimum atomic E-state index is -4.15. The molecule has 2 N–H and O–H groups in total. The normalized spacial score (nSPS) is 22.1. The number of ether oxygens (including phenoxy) is 1. The van der Waals surface area contributed by atoms with Gasteiger partial charge in [-0.15, -0.1) is 0 Å². The Kier molecular flexibility index (Phi) is 5.09. The fourth-order valence-corrected chi connectivity index (χ4v) is 4.60. The van der Waals surface area contributed by atoms with Crippen molar-refractivity contribution in [1.29, 1.82) is 0 Å². The monoisotopic (exact) mass is 357 g/mol. The molecule has 1 fully saturated rings. The second-order valence-electron chi connectivity index (χ2n) is 5.69. The van der Waals surface area contributed by atoms with E-state index in [1.165, 1.54) is 13.2 Å². The van der Waals surface area contributed by atoms with Crippen molar-refractivity contribution in [2.24, 2.45) is 11.7 Å². The van der Waals surface area contributed by atoms with E-state index in [0.29, 0.717) is 12.8 Å². The average molecular weight is 357 g/mol. The molecule has 0 radical (unpaired) electrons. The number of nitro benzene ring substituents is 1. The molecule has 1 aromatic rings. The van der Waals surface area contributed by atoms with Gasteiger partial charge < -0.3 is 10.5 Å². The summed E-state index contributed by atoms with van der Waals surface area (Å²) in [5.74, 6) is -0.998. The van der Waals surface area contributed by atoms with Crippen LogP contribution in [0.25, 0.3) is 0 Å². The summed E-state index contributed by atoms with van der Waals surface area (Å²) >= 11 is 0. The molecule has 10 heteroatoms. The number of rotatable bonds is 5. The predicted octanol–water partition coefficient (Wildman–Crippen LogP) is 0.878. The number of benzene rings is 1. The van der Waals surface area contributed by atoms with E-state index in [1.807, 2.05) is 0 Å². The van der Waals surface area contributed by atoms with Crippen LogP contribution in [-0.4, -0.2) is 43.2 Å². The number of methoxy groups -OCH3 is 1. The number of sulfonamides is 1. The first-order valence-corrected chi connectivity index (χ1v) is 8.76. The molecule has 0 aromatic heterocycles. The number of amides is 1. The number of hydrogen-bond donors (Lipinski definition) is 1. The first kappa shape index (κ1) is 18.1. The summed E-state index contributed by atoms with van der Waals surface area (Å²) < 4.78 is 31.9. The van der Waals surface area contributed by atoms with Crippen LogP contribution in [0.2, 0.25) is 0 Å². The Morgan fingerprint density at radius 1 is 1.42 bits per heavy atom. The highest BCUT2D eigenvalue weighted by atomic mass is 32.2. The van der Waals surface area contributed by atoms with E-state index in [4.69, 9.17) is 10.5 Å². The van der Waals surface area contributed by atoms with Crippen molar-refractivity contribution in [3.8, 4) is 5.75 Å². The van der Waals surface area contributed by atoms with Gasteiger partial charge in [-0.05, 0) is 31.9 Å². The molecule has 1 aliphatic heterocycles. The van der Waals surface area contributed by atoms with E-state index in [0.717, 1.165) is 16.4 Å². The number of nitrogens with two attached hydrogens (primary N) is 1. The van der Waals surface area contributed by atoms with Gasteiger partial charge in [-0.1, -0.05) is 0 Å². The van der Waals surface area contributed by atoms with E-state index in [1.54, 1.807) is 6.92 Å². The first-order valence-electron chi connectivity index (χ1n) is 7.32. The van der Waals surface area contributed by atoms with Gasteiger partial charge in [0.1, 0.15) is 5.75 Å². The zero-order valence-electron chi connectivity index (χ0n) is 13.3. The number of nitro groups is 1. The van der Waals surface area contributed by atoms with Crippen LogP contribution in [0.1, 0.15) is 19.8 Å². The Hall–Kier alpha value is -2.20. The Morgan fingerprint density at radius 2 is 2.08 bits per heavy atom. The molecule has 1 heterocycles. The van der Waals surface area contributed by atoms with Crippen LogP contribution in [0.5, 0.6) is 5.75 Å². The number of primary amides is 1. The molecule has 132 valence electrons. The highest BCUT2D eigenvalue weighted by Crippen LogP contribution is 2.34. The van der Waals surface area contributed by atoms with Crippen LogP contribution in [0.3, 0.4) is 0 Å². The third-order valence-corrected chi connectivity index (χ3v) is 6.20. The first-order chi connectivity index (χ1) is 11.2. The third-order valence-electron chi connectivity index (χ3n) is 4.18. The van der Waals surface area contributed by atoms with Crippen molar-refractivity contribution >= 4 is 21.6 Å². The second-order valence-corrected chi connectivity index (χ2v) is 7.55. The van der Waals surface area contributed by atoms with Crippen molar-refractivity contribution in [1.82, 2.24) is 4.31 Å². The topological polar surface area (TPSA) is 133 Å². The fraction of sp³-hybridized carbons (Fsp3) is 0.500. The molecule has 1 amide bonds. The maximum Gasteiger partial charge on any atom is 0.293 e. The zero-order chi connectivity index (χ0) is 18.1. The van der Waals surface area contributed by atoms with Crippen molar-refractivity contribution in [3.63, 3.8) is 0 Å². The maximum absolute atomic E-state index is 12.9. The average Bonchev–Trinajstić information content (AvgIpc) is 2.54. The van der Waals surface area contributed by atoms with Crippen LogP contribution in [0.15, 0.2) is 23.1 Å². The summed E-state index contributed by atoms with van der Waals surface area (Å²) in [6, 6.07) is 3.17. The standard InChI is InChI=1S/C14H19N3O6S/c1-9-3-4-10(14(15)18)8-16(9)24(21,22)13-6-5-11(23-2)7-12(13)17(19)20/h5-7,9-10H,3-4,8H2,1-2H3,(H2,15,18). The van der Waals surface area contributed by atoms with Crippen molar-refractivity contribution in [2.75, 3.05) is 13.7 Å². The van der Waals surface area contributed by atoms with E-state index in [-0.39, 0.29) is 18.3 Å². The summed E-state index contributed by atoms with van der Waals surface area (Å²) in [6.45, 7) is 1.62. The number of hydrogen-bond acceptors (Lipinski definition) is 6. The number of nitrogens with zero attached hydrogens (tertiary/aromatic N) is 2. The van der Waals surface area contributed by atoms with Crippen molar-refractivity contribution < 1.29 is 22.9 Å². The van der Waals surface area contributed by atoms with Gasteiger partial charge >= 0.3 is 0 Å². The molecule has 0 saturated carbocycles. The largest absolute Gasteiger partial charge is 0.497 e. The molecule has 1 aliphatic rings. The van der Waals surface area contributed by atoms with Gasteiger partial charge in [0, 0.05) is 12.6 Å². The third kappa shape index (κ3) is 3.34. The van der Waals surface area contributed by atoms with Gasteiger partial charge in [0.15, 0.2) is 4.90 Å². The lowest BCUT2D eigenvalue weighted by molar-refractivity contribution is -0.387. The van der Waals surface area contributed by atoms with Gasteiger partial charge in [-0.3, -0.25) is 14.9 Å². The van der Waals surface area contributed by atoms with Gasteiger partial charge in [0.25, 0.3) is 5.69 Å². The lowest BCUT2D eigenvalue weighted by atomic mass is 9.95. The molecule has 0 aliphatic carbocycles. The van der Waals surface area contributed by atoms with E-state index >= 15 is 0 Å². The number of carbonyl (C=O) groups excluding carboxylic acids is 1. The van der Waals surface area contributed by atoms with E-state index in [2.05, 4.69) is 0 Å². The molecule has 1 saturated heterocycles. The van der Waals surface area contributed by atoms with Crippen LogP contribution in [0, 0.1) is 16.0 Å². The van der Waals surface area contributed by atoms with Gasteiger partial charge in [-0.2, -0.15) is 4.31 Å². The zero-order valence-corrected chi connectivity index (χ0v) is 14.2. The highest BCUT2D eigenvalue weighted by molar-refractivity contribution is 7.89. The fourth-order valence-electron chi connectivity index (χ4n) is 2.75. The predicted molar refractivity (Wildman–Crippen MR) is 84.9 cm³/mol. The van der Waals surface area contributed by atoms with Crippen LogP contribution in [-0.2, 0) is 14.8 Å². The lowest BCUT2D eigenvalue weighted by Gasteiger charge is -2.35. The van der Waals surface area contributed by atoms with Gasteiger partial charge in [0.2, 0.25) is 15.9 Å². The molecular weight excluding hydrogens is 338 g/mol. The summed E-state index contributed by atoms with van der Waals surface area (Å²) in [4.78, 5) is 21.5. The van der Waals surface area contributed by atoms with E-state index in [9.17, 15) is 23.3 Å². The molecule has 0 bridgehead atoms. The Bertz CT molecular complexity index is 764. The Labute approximate surface area is 139 Å². The van der Waals surface area contributed by atoms with Crippen molar-refractivity contribution in [2.45, 2.75) is 30.7 Å². The molecule has 2 rings (SSSR count).